The molecule has 14 heteroatoms. The second-order valence-electron chi connectivity index (χ2n) is 13.2. The Morgan fingerprint density at radius 3 is 1.71 bits per heavy atom. The lowest BCUT2D eigenvalue weighted by Crippen LogP contribution is -2.48. The molecule has 4 atom stereocenters. The first-order valence-electron chi connectivity index (χ1n) is 17.9. The molecule has 0 aliphatic carbocycles. The molecule has 4 heterocycles. The largest absolute Gasteiger partial charge is 0.465 e. The topological polar surface area (TPSA) is 177 Å². The summed E-state index contributed by atoms with van der Waals surface area (Å²) in [6.45, 7) is 8.37. The van der Waals surface area contributed by atoms with Crippen LogP contribution in [0.4, 0.5) is 9.59 Å². The third kappa shape index (κ3) is 7.51. The molecule has 2 aliphatic heterocycles. The molecule has 0 spiro atoms. The molecule has 52 heavy (non-hydrogen) atoms. The summed E-state index contributed by atoms with van der Waals surface area (Å²) in [6, 6.07) is 14.5. The van der Waals surface area contributed by atoms with Crippen molar-refractivity contribution in [3.05, 3.63) is 72.6 Å². The molecule has 2 fully saturated rings. The van der Waals surface area contributed by atoms with Crippen LogP contribution in [0.25, 0.3) is 33.6 Å². The zero-order valence-electron chi connectivity index (χ0n) is 30.0. The van der Waals surface area contributed by atoms with Crippen LogP contribution in [0.15, 0.2) is 60.9 Å². The highest BCUT2D eigenvalue weighted by molar-refractivity contribution is 5.86. The van der Waals surface area contributed by atoms with E-state index in [1.807, 2.05) is 24.3 Å². The smallest absolute Gasteiger partial charge is 0.407 e. The molecule has 274 valence electrons. The lowest BCUT2D eigenvalue weighted by molar-refractivity contribution is -0.137. The molecule has 4 amide bonds. The van der Waals surface area contributed by atoms with E-state index in [0.29, 0.717) is 24.7 Å². The van der Waals surface area contributed by atoms with Gasteiger partial charge in [0.25, 0.3) is 0 Å². The number of likely N-dealkylation sites (N-methyl/N-ethyl adjacent to an activating group) is 1. The number of imidazole rings is 2. The number of amides is 4. The summed E-state index contributed by atoms with van der Waals surface area (Å²) in [4.78, 5) is 70.6. The summed E-state index contributed by atoms with van der Waals surface area (Å²) in [6.07, 6.45) is 5.06. The van der Waals surface area contributed by atoms with E-state index in [4.69, 9.17) is 4.74 Å². The van der Waals surface area contributed by atoms with Crippen molar-refractivity contribution in [2.45, 2.75) is 77.5 Å². The van der Waals surface area contributed by atoms with Gasteiger partial charge in [0.15, 0.2) is 0 Å². The highest BCUT2D eigenvalue weighted by atomic mass is 16.5. The fraction of sp³-hybridized carbons (Fsp3) is 0.421. The van der Waals surface area contributed by atoms with Crippen LogP contribution in [0, 0.1) is 0 Å². The Kier molecular flexibility index (Phi) is 10.9. The van der Waals surface area contributed by atoms with Crippen molar-refractivity contribution < 1.29 is 29.0 Å². The van der Waals surface area contributed by atoms with Crippen molar-refractivity contribution in [1.29, 1.82) is 0 Å². The van der Waals surface area contributed by atoms with Gasteiger partial charge in [-0.05, 0) is 75.6 Å². The van der Waals surface area contributed by atoms with Crippen molar-refractivity contribution in [3.63, 3.8) is 0 Å². The van der Waals surface area contributed by atoms with Gasteiger partial charge in [0.2, 0.25) is 11.8 Å². The number of ether oxygens (including phenoxy) is 1. The number of H-pyrrole nitrogens is 2. The molecular formula is C38H46N8O6. The van der Waals surface area contributed by atoms with Gasteiger partial charge in [0, 0.05) is 19.6 Å². The standard InChI is InChI=1S/C38H46N8O6/c1-5-44(38(50)51)24(4)36(48)46-20-8-10-32(46)34-40-22-30(43-34)28-17-13-26(14-18-28)25-11-15-27(16-12-25)29-21-39-33(42-29)31-9-7-19-45(31)35(47)23(3)41-37(49)52-6-2/h11-18,21-24,31-32H,5-10,19-20H2,1-4H3,(H,39,42)(H,40,43)(H,41,49)(H,50,51)/t23-,24-,31-,32-/m0/s1. The molecule has 2 aromatic carbocycles. The molecule has 2 aliphatic rings. The van der Waals surface area contributed by atoms with E-state index < -0.39 is 24.3 Å². The van der Waals surface area contributed by atoms with Crippen molar-refractivity contribution in [1.82, 2.24) is 40.0 Å². The Labute approximate surface area is 302 Å². The van der Waals surface area contributed by atoms with Crippen molar-refractivity contribution >= 4 is 24.0 Å². The van der Waals surface area contributed by atoms with Gasteiger partial charge in [-0.2, -0.15) is 0 Å². The molecule has 0 saturated carbocycles. The minimum absolute atomic E-state index is 0.169. The lowest BCUT2D eigenvalue weighted by Gasteiger charge is -2.31. The van der Waals surface area contributed by atoms with E-state index in [1.165, 1.54) is 0 Å². The molecule has 4 aromatic rings. The van der Waals surface area contributed by atoms with Gasteiger partial charge in [0.05, 0.1) is 42.5 Å². The molecule has 6 rings (SSSR count). The summed E-state index contributed by atoms with van der Waals surface area (Å²) in [5.74, 6) is 1.03. The van der Waals surface area contributed by atoms with Crippen LogP contribution < -0.4 is 5.32 Å². The molecule has 0 radical (unpaired) electrons. The number of likely N-dealkylation sites (tertiary alicyclic amines) is 2. The van der Waals surface area contributed by atoms with E-state index in [0.717, 1.165) is 64.2 Å². The van der Waals surface area contributed by atoms with Crippen molar-refractivity contribution in [2.75, 3.05) is 26.2 Å². The number of carbonyl (C=O) groups is 4. The third-order valence-corrected chi connectivity index (χ3v) is 10.0. The van der Waals surface area contributed by atoms with Gasteiger partial charge >= 0.3 is 12.2 Å². The van der Waals surface area contributed by atoms with Gasteiger partial charge in [-0.1, -0.05) is 48.5 Å². The van der Waals surface area contributed by atoms with Crippen LogP contribution in [0.1, 0.15) is 77.1 Å². The molecule has 0 bridgehead atoms. The SMILES string of the molecule is CCOC(=O)N[C@@H](C)C(=O)N1CCC[C@H]1c1ncc(-c2ccc(-c3ccc(-c4cnc([C@@H]5CCCN5C(=O)[C@H](C)N(CC)C(=O)O)[nH]4)cc3)cc2)[nH]1. The van der Waals surface area contributed by atoms with Crippen LogP contribution >= 0.6 is 0 Å². The summed E-state index contributed by atoms with van der Waals surface area (Å²) < 4.78 is 4.93. The predicted octanol–water partition coefficient (Wildman–Crippen LogP) is 5.98. The number of aromatic amines is 2. The van der Waals surface area contributed by atoms with Gasteiger partial charge in [-0.25, -0.2) is 19.6 Å². The number of nitrogens with one attached hydrogen (secondary N) is 3. The van der Waals surface area contributed by atoms with E-state index in [2.05, 4.69) is 49.5 Å². The van der Waals surface area contributed by atoms with E-state index in [1.54, 1.807) is 49.9 Å². The van der Waals surface area contributed by atoms with Crippen molar-refractivity contribution in [3.8, 4) is 33.6 Å². The normalized spacial score (nSPS) is 18.2. The summed E-state index contributed by atoms with van der Waals surface area (Å²) in [5, 5.41) is 12.1. The first kappa shape index (κ1) is 36.1. The summed E-state index contributed by atoms with van der Waals surface area (Å²) in [5.41, 5.74) is 5.72. The zero-order chi connectivity index (χ0) is 36.9. The van der Waals surface area contributed by atoms with Crippen molar-refractivity contribution in [2.24, 2.45) is 0 Å². The van der Waals surface area contributed by atoms with E-state index >= 15 is 0 Å². The zero-order valence-corrected chi connectivity index (χ0v) is 30.0. The van der Waals surface area contributed by atoms with Crippen LogP contribution in [0.2, 0.25) is 0 Å². The van der Waals surface area contributed by atoms with Gasteiger partial charge in [0.1, 0.15) is 23.7 Å². The van der Waals surface area contributed by atoms with E-state index in [-0.39, 0.29) is 37.0 Å². The van der Waals surface area contributed by atoms with Crippen LogP contribution in [0.5, 0.6) is 0 Å². The maximum Gasteiger partial charge on any atom is 0.407 e. The number of aromatic nitrogens is 4. The highest BCUT2D eigenvalue weighted by Crippen LogP contribution is 2.34. The number of hydrogen-bond acceptors (Lipinski definition) is 7. The maximum absolute atomic E-state index is 13.3. The number of nitrogens with zero attached hydrogens (tertiary/aromatic N) is 5. The first-order chi connectivity index (χ1) is 25.1. The fourth-order valence-electron chi connectivity index (χ4n) is 7.23. The second kappa shape index (κ2) is 15.7. The van der Waals surface area contributed by atoms with Gasteiger partial charge in [-0.3, -0.25) is 14.5 Å². The third-order valence-electron chi connectivity index (χ3n) is 10.0. The summed E-state index contributed by atoms with van der Waals surface area (Å²) >= 11 is 0. The number of alkyl carbamates (subject to hydrolysis) is 1. The average molecular weight is 711 g/mol. The average Bonchev–Trinajstić information content (AvgIpc) is 3.98. The Morgan fingerprint density at radius 1 is 0.808 bits per heavy atom. The second-order valence-corrected chi connectivity index (χ2v) is 13.2. The fourth-order valence-corrected chi connectivity index (χ4v) is 7.23. The monoisotopic (exact) mass is 710 g/mol. The number of hydrogen-bond donors (Lipinski definition) is 4. The molecule has 2 saturated heterocycles. The van der Waals surface area contributed by atoms with Gasteiger partial charge < -0.3 is 34.9 Å². The molecule has 0 unspecified atom stereocenters. The lowest BCUT2D eigenvalue weighted by atomic mass is 10.0. The Hall–Kier alpha value is -5.66. The number of benzene rings is 2. The summed E-state index contributed by atoms with van der Waals surface area (Å²) in [7, 11) is 0. The molecular weight excluding hydrogens is 664 g/mol. The minimum atomic E-state index is -1.11. The number of rotatable bonds is 11. The maximum atomic E-state index is 13.3. The van der Waals surface area contributed by atoms with Crippen LogP contribution in [-0.2, 0) is 14.3 Å². The Balaban J connectivity index is 1.09. The number of carbonyl (C=O) groups excluding carboxylic acids is 3. The molecule has 4 N–H and O–H groups in total. The van der Waals surface area contributed by atoms with Crippen LogP contribution in [0.3, 0.4) is 0 Å². The first-order valence-corrected chi connectivity index (χ1v) is 17.9. The Morgan fingerprint density at radius 2 is 1.27 bits per heavy atom. The molecule has 2 aromatic heterocycles. The van der Waals surface area contributed by atoms with Crippen LogP contribution in [-0.4, -0.2) is 102 Å². The predicted molar refractivity (Wildman–Crippen MR) is 194 cm³/mol. The Bertz CT molecular complexity index is 1890. The molecule has 14 nitrogen and oxygen atoms in total. The minimum Gasteiger partial charge on any atom is -0.465 e. The highest BCUT2D eigenvalue weighted by Gasteiger charge is 2.37. The van der Waals surface area contributed by atoms with Gasteiger partial charge in [-0.15, -0.1) is 0 Å². The number of carboxylic acid groups (broad SMARTS) is 1. The quantitative estimate of drug-likeness (QED) is 0.147. The van der Waals surface area contributed by atoms with E-state index in [9.17, 15) is 24.3 Å².